The minimum atomic E-state index is -1.07. The van der Waals surface area contributed by atoms with Gasteiger partial charge in [0, 0.05) is 36.7 Å². The average molecular weight is 359 g/mol. The maximum atomic E-state index is 12.4. The molecule has 0 aliphatic heterocycles. The molecule has 7 nitrogen and oxygen atoms in total. The van der Waals surface area contributed by atoms with Crippen molar-refractivity contribution >= 4 is 29.2 Å². The molecule has 0 atom stereocenters. The third-order valence-electron chi connectivity index (χ3n) is 4.38. The van der Waals surface area contributed by atoms with E-state index in [0.29, 0.717) is 19.4 Å². The highest BCUT2D eigenvalue weighted by Crippen LogP contribution is 2.20. The van der Waals surface area contributed by atoms with Gasteiger partial charge in [-0.05, 0) is 31.9 Å². The van der Waals surface area contributed by atoms with Gasteiger partial charge in [-0.3, -0.25) is 14.4 Å². The number of rotatable bonds is 9. The number of amides is 2. The smallest absolute Gasteiger partial charge is 0.323 e. The van der Waals surface area contributed by atoms with Crippen molar-refractivity contribution < 1.29 is 19.5 Å². The van der Waals surface area contributed by atoms with E-state index in [1.165, 1.54) is 9.80 Å². The van der Waals surface area contributed by atoms with E-state index in [4.69, 9.17) is 5.11 Å². The van der Waals surface area contributed by atoms with Gasteiger partial charge in [0.05, 0.1) is 6.54 Å². The van der Waals surface area contributed by atoms with Crippen LogP contribution < -0.4 is 0 Å². The number of para-hydroxylation sites is 1. The summed E-state index contributed by atoms with van der Waals surface area (Å²) in [6, 6.07) is 7.77. The molecule has 2 aromatic rings. The summed E-state index contributed by atoms with van der Waals surface area (Å²) in [6.07, 6.45) is 3.29. The van der Waals surface area contributed by atoms with Crippen molar-refractivity contribution in [3.8, 4) is 0 Å². The quantitative estimate of drug-likeness (QED) is 0.688. The fraction of sp³-hybridized carbons (Fsp3) is 0.421. The number of aryl methyl sites for hydroxylation is 1. The Bertz CT molecular complexity index is 797. The molecule has 140 valence electrons. The van der Waals surface area contributed by atoms with Crippen LogP contribution in [0, 0.1) is 0 Å². The fourth-order valence-electron chi connectivity index (χ4n) is 3.03. The number of benzene rings is 1. The summed E-state index contributed by atoms with van der Waals surface area (Å²) >= 11 is 0. The molecule has 0 radical (unpaired) electrons. The highest BCUT2D eigenvalue weighted by molar-refractivity contribution is 5.85. The number of carboxylic acids is 1. The van der Waals surface area contributed by atoms with Gasteiger partial charge in [-0.25, -0.2) is 0 Å². The van der Waals surface area contributed by atoms with E-state index in [2.05, 4.69) is 0 Å². The third kappa shape index (κ3) is 4.62. The molecule has 0 aliphatic carbocycles. The van der Waals surface area contributed by atoms with Crippen molar-refractivity contribution in [1.29, 1.82) is 0 Å². The molecule has 0 bridgehead atoms. The zero-order chi connectivity index (χ0) is 19.3. The van der Waals surface area contributed by atoms with Gasteiger partial charge in [-0.2, -0.15) is 0 Å². The minimum absolute atomic E-state index is 0.125. The first-order chi connectivity index (χ1) is 12.3. The van der Waals surface area contributed by atoms with Gasteiger partial charge in [0.25, 0.3) is 0 Å². The molecule has 7 heteroatoms. The molecule has 26 heavy (non-hydrogen) atoms. The maximum absolute atomic E-state index is 12.4. The summed E-state index contributed by atoms with van der Waals surface area (Å²) in [5.41, 5.74) is 2.22. The van der Waals surface area contributed by atoms with Crippen LogP contribution in [0.4, 0.5) is 0 Å². The number of aliphatic carboxylic acids is 1. The minimum Gasteiger partial charge on any atom is -0.480 e. The number of carbonyl (C=O) groups is 3. The van der Waals surface area contributed by atoms with Crippen LogP contribution in [0.2, 0.25) is 0 Å². The molecular weight excluding hydrogens is 334 g/mol. The van der Waals surface area contributed by atoms with Gasteiger partial charge in [0.15, 0.2) is 0 Å². The zero-order valence-corrected chi connectivity index (χ0v) is 15.4. The standard InChI is InChI=1S/C19H25N3O4/c1-14(2)22(12-19(25)26)18(24)11-21(13-23)9-8-15-10-20(3)17-7-5-4-6-16(15)17/h4-7,10,13-14H,8-9,11-12H2,1-3H3,(H,25,26). The van der Waals surface area contributed by atoms with Crippen molar-refractivity contribution in [2.24, 2.45) is 7.05 Å². The van der Waals surface area contributed by atoms with Crippen molar-refractivity contribution in [1.82, 2.24) is 14.4 Å². The van der Waals surface area contributed by atoms with Gasteiger partial charge in [0.2, 0.25) is 12.3 Å². The highest BCUT2D eigenvalue weighted by atomic mass is 16.4. The first kappa shape index (κ1) is 19.5. The van der Waals surface area contributed by atoms with E-state index in [1.807, 2.05) is 42.1 Å². The van der Waals surface area contributed by atoms with E-state index >= 15 is 0 Å². The number of carbonyl (C=O) groups excluding carboxylic acids is 2. The average Bonchev–Trinajstić information content (AvgIpc) is 2.92. The lowest BCUT2D eigenvalue weighted by Gasteiger charge is -2.27. The van der Waals surface area contributed by atoms with Crippen LogP contribution in [0.1, 0.15) is 19.4 Å². The number of hydrogen-bond acceptors (Lipinski definition) is 3. The molecule has 0 spiro atoms. The van der Waals surface area contributed by atoms with Crippen molar-refractivity contribution in [3.63, 3.8) is 0 Å². The maximum Gasteiger partial charge on any atom is 0.323 e. The number of nitrogens with zero attached hydrogens (tertiary/aromatic N) is 3. The Hall–Kier alpha value is -2.83. The van der Waals surface area contributed by atoms with Gasteiger partial charge in [-0.1, -0.05) is 18.2 Å². The second kappa shape index (κ2) is 8.51. The summed E-state index contributed by atoms with van der Waals surface area (Å²) in [5, 5.41) is 10.1. The van der Waals surface area contributed by atoms with Crippen LogP contribution in [0.15, 0.2) is 30.5 Å². The van der Waals surface area contributed by atoms with Crippen molar-refractivity contribution in [2.45, 2.75) is 26.3 Å². The molecule has 1 heterocycles. The summed E-state index contributed by atoms with van der Waals surface area (Å²) in [6.45, 7) is 3.40. The molecule has 0 aliphatic rings. The SMILES string of the molecule is CC(C)N(CC(=O)O)C(=O)CN(C=O)CCc1cn(C)c2ccccc12. The number of aromatic nitrogens is 1. The zero-order valence-electron chi connectivity index (χ0n) is 15.4. The van der Waals surface area contributed by atoms with E-state index in [1.54, 1.807) is 13.8 Å². The second-order valence-corrected chi connectivity index (χ2v) is 6.62. The molecule has 0 fully saturated rings. The fourth-order valence-corrected chi connectivity index (χ4v) is 3.03. The van der Waals surface area contributed by atoms with Crippen LogP contribution in [0.5, 0.6) is 0 Å². The van der Waals surface area contributed by atoms with Crippen LogP contribution in [0.25, 0.3) is 10.9 Å². The summed E-state index contributed by atoms with van der Waals surface area (Å²) in [7, 11) is 1.97. The topological polar surface area (TPSA) is 82.9 Å². The number of fused-ring (bicyclic) bond motifs is 1. The van der Waals surface area contributed by atoms with Crippen LogP contribution >= 0.6 is 0 Å². The Morgan fingerprint density at radius 3 is 2.54 bits per heavy atom. The summed E-state index contributed by atoms with van der Waals surface area (Å²) < 4.78 is 2.04. The molecule has 1 aromatic carbocycles. The van der Waals surface area contributed by atoms with E-state index in [-0.39, 0.29) is 25.0 Å². The third-order valence-corrected chi connectivity index (χ3v) is 4.38. The molecular formula is C19H25N3O4. The summed E-state index contributed by atoms with van der Waals surface area (Å²) in [5.74, 6) is -1.44. The Morgan fingerprint density at radius 2 is 1.92 bits per heavy atom. The predicted molar refractivity (Wildman–Crippen MR) is 98.7 cm³/mol. The molecule has 2 rings (SSSR count). The normalized spacial score (nSPS) is 10.9. The van der Waals surface area contributed by atoms with Gasteiger partial charge in [-0.15, -0.1) is 0 Å². The highest BCUT2D eigenvalue weighted by Gasteiger charge is 2.21. The van der Waals surface area contributed by atoms with Gasteiger partial charge in [0.1, 0.15) is 6.54 Å². The molecule has 0 unspecified atom stereocenters. The van der Waals surface area contributed by atoms with Crippen molar-refractivity contribution in [3.05, 3.63) is 36.0 Å². The first-order valence-electron chi connectivity index (χ1n) is 8.57. The molecule has 1 aromatic heterocycles. The Labute approximate surface area is 152 Å². The van der Waals surface area contributed by atoms with Gasteiger partial charge >= 0.3 is 5.97 Å². The number of carboxylic acid groups (broad SMARTS) is 1. The van der Waals surface area contributed by atoms with E-state index < -0.39 is 5.97 Å². The molecule has 2 amide bonds. The number of hydrogen-bond donors (Lipinski definition) is 1. The lowest BCUT2D eigenvalue weighted by Crippen LogP contribution is -2.46. The summed E-state index contributed by atoms with van der Waals surface area (Å²) in [4.78, 5) is 37.3. The van der Waals surface area contributed by atoms with Crippen molar-refractivity contribution in [2.75, 3.05) is 19.6 Å². The van der Waals surface area contributed by atoms with E-state index in [0.717, 1.165) is 16.5 Å². The van der Waals surface area contributed by atoms with Crippen LogP contribution in [-0.2, 0) is 27.9 Å². The lowest BCUT2D eigenvalue weighted by atomic mass is 10.1. The predicted octanol–water partition coefficient (Wildman–Crippen LogP) is 1.50. The van der Waals surface area contributed by atoms with Crippen LogP contribution in [0.3, 0.4) is 0 Å². The molecule has 0 saturated heterocycles. The monoisotopic (exact) mass is 359 g/mol. The van der Waals surface area contributed by atoms with Crippen LogP contribution in [-0.4, -0.2) is 63.4 Å². The molecule has 1 N–H and O–H groups in total. The van der Waals surface area contributed by atoms with E-state index in [9.17, 15) is 14.4 Å². The first-order valence-corrected chi connectivity index (χ1v) is 8.57. The largest absolute Gasteiger partial charge is 0.480 e. The Balaban J connectivity index is 2.03. The Kier molecular flexibility index (Phi) is 6.38. The molecule has 0 saturated carbocycles. The Morgan fingerprint density at radius 1 is 1.23 bits per heavy atom. The van der Waals surface area contributed by atoms with Gasteiger partial charge < -0.3 is 19.5 Å². The second-order valence-electron chi connectivity index (χ2n) is 6.62. The lowest BCUT2D eigenvalue weighted by molar-refractivity contribution is -0.146.